The lowest BCUT2D eigenvalue weighted by Gasteiger charge is -2.33. The summed E-state index contributed by atoms with van der Waals surface area (Å²) in [6.45, 7) is 9.20. The number of carbonyl (C=O) groups is 2. The Balaban J connectivity index is 2.01. The minimum Gasteiger partial charge on any atom is -0.494 e. The Kier molecular flexibility index (Phi) is 9.75. The molecular formula is C30H37N3O5S. The fourth-order valence-electron chi connectivity index (χ4n) is 3.96. The number of sulfonamides is 1. The predicted molar refractivity (Wildman–Crippen MR) is 153 cm³/mol. The van der Waals surface area contributed by atoms with Crippen LogP contribution in [0.1, 0.15) is 40.2 Å². The van der Waals surface area contributed by atoms with Gasteiger partial charge in [0.1, 0.15) is 18.3 Å². The normalized spacial score (nSPS) is 12.3. The molecule has 3 aromatic rings. The Morgan fingerprint density at radius 1 is 0.897 bits per heavy atom. The highest BCUT2D eigenvalue weighted by atomic mass is 32.2. The van der Waals surface area contributed by atoms with Crippen LogP contribution in [-0.2, 0) is 26.2 Å². The van der Waals surface area contributed by atoms with Gasteiger partial charge in [0.2, 0.25) is 11.8 Å². The average Bonchev–Trinajstić information content (AvgIpc) is 2.90. The van der Waals surface area contributed by atoms with Gasteiger partial charge in [0.25, 0.3) is 10.0 Å². The quantitative estimate of drug-likeness (QED) is 0.375. The second-order valence-corrected chi connectivity index (χ2v) is 12.0. The maximum atomic E-state index is 13.9. The van der Waals surface area contributed by atoms with Crippen LogP contribution < -0.4 is 14.4 Å². The van der Waals surface area contributed by atoms with E-state index in [0.29, 0.717) is 18.0 Å². The van der Waals surface area contributed by atoms with E-state index in [-0.39, 0.29) is 17.3 Å². The van der Waals surface area contributed by atoms with Crippen LogP contribution in [0.15, 0.2) is 89.8 Å². The van der Waals surface area contributed by atoms with E-state index >= 15 is 0 Å². The Morgan fingerprint density at radius 2 is 1.46 bits per heavy atom. The average molecular weight is 552 g/mol. The Hall–Kier alpha value is -3.85. The van der Waals surface area contributed by atoms with Gasteiger partial charge in [-0.3, -0.25) is 13.9 Å². The Bertz CT molecular complexity index is 1340. The van der Waals surface area contributed by atoms with Crippen LogP contribution in [0.3, 0.4) is 0 Å². The molecule has 0 bridgehead atoms. The van der Waals surface area contributed by atoms with Crippen LogP contribution in [0.4, 0.5) is 5.69 Å². The maximum absolute atomic E-state index is 13.9. The van der Waals surface area contributed by atoms with Gasteiger partial charge in [-0.15, -0.1) is 0 Å². The number of hydrogen-bond acceptors (Lipinski definition) is 5. The van der Waals surface area contributed by atoms with E-state index in [4.69, 9.17) is 4.74 Å². The molecule has 3 aromatic carbocycles. The number of carbonyl (C=O) groups excluding carboxylic acids is 2. The van der Waals surface area contributed by atoms with Gasteiger partial charge in [-0.05, 0) is 76.6 Å². The molecule has 1 N–H and O–H groups in total. The van der Waals surface area contributed by atoms with Crippen molar-refractivity contribution in [2.75, 3.05) is 17.5 Å². The molecule has 0 aliphatic heterocycles. The number of benzene rings is 3. The topological polar surface area (TPSA) is 96.0 Å². The van der Waals surface area contributed by atoms with E-state index < -0.39 is 34.1 Å². The van der Waals surface area contributed by atoms with Crippen LogP contribution in [0.5, 0.6) is 5.75 Å². The zero-order valence-electron chi connectivity index (χ0n) is 23.1. The van der Waals surface area contributed by atoms with Crippen LogP contribution in [0, 0.1) is 0 Å². The molecule has 9 heteroatoms. The minimum absolute atomic E-state index is 0.0554. The van der Waals surface area contributed by atoms with Crippen molar-refractivity contribution in [3.63, 3.8) is 0 Å². The molecule has 0 aliphatic rings. The maximum Gasteiger partial charge on any atom is 0.264 e. The molecule has 3 rings (SSSR count). The van der Waals surface area contributed by atoms with E-state index in [1.165, 1.54) is 17.0 Å². The lowest BCUT2D eigenvalue weighted by atomic mass is 10.1. The number of ether oxygens (including phenoxy) is 1. The first-order valence-corrected chi connectivity index (χ1v) is 14.3. The number of nitrogens with one attached hydrogen (secondary N) is 1. The molecule has 0 fully saturated rings. The third kappa shape index (κ3) is 8.07. The first-order valence-electron chi connectivity index (χ1n) is 12.9. The second-order valence-electron chi connectivity index (χ2n) is 10.2. The van der Waals surface area contributed by atoms with Crippen LogP contribution in [-0.4, -0.2) is 49.9 Å². The highest BCUT2D eigenvalue weighted by Gasteiger charge is 2.33. The number of rotatable bonds is 11. The van der Waals surface area contributed by atoms with E-state index in [9.17, 15) is 18.0 Å². The Labute approximate surface area is 231 Å². The third-order valence-electron chi connectivity index (χ3n) is 5.91. The Morgan fingerprint density at radius 3 is 2.00 bits per heavy atom. The monoisotopic (exact) mass is 551 g/mol. The number of anilines is 1. The number of hydrogen-bond donors (Lipinski definition) is 1. The summed E-state index contributed by atoms with van der Waals surface area (Å²) in [6.07, 6.45) is 0. The summed E-state index contributed by atoms with van der Waals surface area (Å²) >= 11 is 0. The van der Waals surface area contributed by atoms with Gasteiger partial charge in [-0.1, -0.05) is 48.5 Å². The lowest BCUT2D eigenvalue weighted by molar-refractivity contribution is -0.140. The van der Waals surface area contributed by atoms with E-state index in [1.807, 2.05) is 58.0 Å². The molecule has 0 spiro atoms. The van der Waals surface area contributed by atoms with Crippen molar-refractivity contribution in [3.8, 4) is 5.75 Å². The molecule has 0 saturated heterocycles. The SMILES string of the molecule is CCOc1ccc(N(CC(=O)N(Cc2ccccc2)[C@H](C)C(=O)NC(C)(C)C)S(=O)(=O)c2ccccc2)cc1. The van der Waals surface area contributed by atoms with Crippen molar-refractivity contribution in [3.05, 3.63) is 90.5 Å². The molecule has 0 heterocycles. The van der Waals surface area contributed by atoms with Crippen molar-refractivity contribution in [2.45, 2.75) is 57.6 Å². The zero-order valence-corrected chi connectivity index (χ0v) is 23.9. The fraction of sp³-hybridized carbons (Fsp3) is 0.333. The molecule has 1 atom stereocenters. The predicted octanol–water partition coefficient (Wildman–Crippen LogP) is 4.61. The van der Waals surface area contributed by atoms with Crippen molar-refractivity contribution in [2.24, 2.45) is 0 Å². The van der Waals surface area contributed by atoms with Crippen molar-refractivity contribution in [1.82, 2.24) is 10.2 Å². The molecule has 0 saturated carbocycles. The van der Waals surface area contributed by atoms with Gasteiger partial charge in [-0.2, -0.15) is 0 Å². The molecule has 8 nitrogen and oxygen atoms in total. The first kappa shape index (κ1) is 29.7. The number of amides is 2. The minimum atomic E-state index is -4.11. The molecule has 0 unspecified atom stereocenters. The van der Waals surface area contributed by atoms with E-state index in [0.717, 1.165) is 9.87 Å². The molecule has 39 heavy (non-hydrogen) atoms. The molecule has 0 aromatic heterocycles. The highest BCUT2D eigenvalue weighted by molar-refractivity contribution is 7.92. The summed E-state index contributed by atoms with van der Waals surface area (Å²) in [7, 11) is -4.11. The molecule has 0 aliphatic carbocycles. The summed E-state index contributed by atoms with van der Waals surface area (Å²) in [5, 5.41) is 2.92. The van der Waals surface area contributed by atoms with Crippen LogP contribution in [0.25, 0.3) is 0 Å². The van der Waals surface area contributed by atoms with Gasteiger partial charge >= 0.3 is 0 Å². The first-order chi connectivity index (χ1) is 18.4. The highest BCUT2D eigenvalue weighted by Crippen LogP contribution is 2.26. The summed E-state index contributed by atoms with van der Waals surface area (Å²) in [5.74, 6) is -0.253. The molecule has 208 valence electrons. The summed E-state index contributed by atoms with van der Waals surface area (Å²) in [6, 6.07) is 22.9. The largest absolute Gasteiger partial charge is 0.494 e. The van der Waals surface area contributed by atoms with E-state index in [2.05, 4.69) is 5.32 Å². The van der Waals surface area contributed by atoms with E-state index in [1.54, 1.807) is 49.4 Å². The van der Waals surface area contributed by atoms with Gasteiger partial charge in [0.15, 0.2) is 0 Å². The van der Waals surface area contributed by atoms with Crippen LogP contribution >= 0.6 is 0 Å². The van der Waals surface area contributed by atoms with Crippen LogP contribution in [0.2, 0.25) is 0 Å². The van der Waals surface area contributed by atoms with Gasteiger partial charge < -0.3 is 15.0 Å². The third-order valence-corrected chi connectivity index (χ3v) is 7.70. The lowest BCUT2D eigenvalue weighted by Crippen LogP contribution is -2.54. The summed E-state index contributed by atoms with van der Waals surface area (Å²) < 4.78 is 34.2. The summed E-state index contributed by atoms with van der Waals surface area (Å²) in [4.78, 5) is 28.5. The smallest absolute Gasteiger partial charge is 0.264 e. The van der Waals surface area contributed by atoms with Crippen molar-refractivity contribution in [1.29, 1.82) is 0 Å². The number of nitrogens with zero attached hydrogens (tertiary/aromatic N) is 2. The zero-order chi connectivity index (χ0) is 28.6. The fourth-order valence-corrected chi connectivity index (χ4v) is 5.40. The van der Waals surface area contributed by atoms with Gasteiger partial charge in [-0.25, -0.2) is 8.42 Å². The standard InChI is InChI=1S/C30H37N3O5S/c1-6-38-26-19-17-25(18-20-26)33(39(36,37)27-15-11-8-12-16-27)22-28(34)32(21-24-13-9-7-10-14-24)23(2)29(35)31-30(3,4)5/h7-20,23H,6,21-22H2,1-5H3,(H,31,35)/t23-/m1/s1. The summed E-state index contributed by atoms with van der Waals surface area (Å²) in [5.41, 5.74) is 0.625. The second kappa shape index (κ2) is 12.8. The van der Waals surface area contributed by atoms with Crippen molar-refractivity contribution >= 4 is 27.5 Å². The van der Waals surface area contributed by atoms with Gasteiger partial charge in [0, 0.05) is 12.1 Å². The molecule has 2 amide bonds. The van der Waals surface area contributed by atoms with Gasteiger partial charge in [0.05, 0.1) is 17.2 Å². The molecular weight excluding hydrogens is 514 g/mol. The van der Waals surface area contributed by atoms with Crippen molar-refractivity contribution < 1.29 is 22.7 Å². The molecule has 0 radical (unpaired) electrons.